The third-order valence-corrected chi connectivity index (χ3v) is 5.63. The van der Waals surface area contributed by atoms with Gasteiger partial charge in [-0.15, -0.1) is 0 Å². The Kier molecular flexibility index (Phi) is 5.49. The zero-order valence-corrected chi connectivity index (χ0v) is 14.0. The Balaban J connectivity index is 1.75. The first-order chi connectivity index (χ1) is 9.45. The minimum absolute atomic E-state index is 0.327. The normalized spacial score (nSPS) is 25.8. The van der Waals surface area contributed by atoms with Crippen molar-refractivity contribution in [3.05, 3.63) is 0 Å². The van der Waals surface area contributed by atoms with Crippen LogP contribution in [-0.4, -0.2) is 54.6 Å². The molecular formula is C17H35N3. The molecule has 1 aliphatic carbocycles. The molecular weight excluding hydrogens is 246 g/mol. The molecule has 2 fully saturated rings. The third-order valence-electron chi connectivity index (χ3n) is 5.63. The van der Waals surface area contributed by atoms with Crippen LogP contribution in [0.2, 0.25) is 0 Å². The van der Waals surface area contributed by atoms with Crippen molar-refractivity contribution in [3.8, 4) is 0 Å². The lowest BCUT2D eigenvalue weighted by molar-refractivity contribution is 0.0517. The fraction of sp³-hybridized carbons (Fsp3) is 1.00. The molecule has 1 saturated carbocycles. The number of nitrogens with zero attached hydrogens (tertiary/aromatic N) is 2. The number of nitrogens with two attached hydrogens (primary N) is 1. The fourth-order valence-corrected chi connectivity index (χ4v) is 3.90. The van der Waals surface area contributed by atoms with Crippen LogP contribution < -0.4 is 5.73 Å². The van der Waals surface area contributed by atoms with Crippen molar-refractivity contribution < 1.29 is 0 Å². The summed E-state index contributed by atoms with van der Waals surface area (Å²) in [5.74, 6) is 0. The molecule has 1 aliphatic heterocycles. The molecule has 0 aromatic heterocycles. The molecule has 0 aromatic rings. The Hall–Kier alpha value is -0.120. The predicted molar refractivity (Wildman–Crippen MR) is 87.0 cm³/mol. The van der Waals surface area contributed by atoms with E-state index >= 15 is 0 Å². The van der Waals surface area contributed by atoms with E-state index in [9.17, 15) is 0 Å². The molecule has 1 heterocycles. The van der Waals surface area contributed by atoms with Gasteiger partial charge in [-0.1, -0.05) is 19.3 Å². The monoisotopic (exact) mass is 281 g/mol. The summed E-state index contributed by atoms with van der Waals surface area (Å²) in [5.41, 5.74) is 6.91. The lowest BCUT2D eigenvalue weighted by atomic mass is 9.72. The van der Waals surface area contributed by atoms with Crippen molar-refractivity contribution in [2.75, 3.05) is 39.3 Å². The molecule has 118 valence electrons. The second kappa shape index (κ2) is 6.76. The topological polar surface area (TPSA) is 32.5 Å². The van der Waals surface area contributed by atoms with E-state index in [1.54, 1.807) is 0 Å². The summed E-state index contributed by atoms with van der Waals surface area (Å²) in [5, 5.41) is 0. The van der Waals surface area contributed by atoms with Gasteiger partial charge in [0, 0.05) is 31.7 Å². The van der Waals surface area contributed by atoms with Crippen molar-refractivity contribution in [3.63, 3.8) is 0 Å². The van der Waals surface area contributed by atoms with Crippen LogP contribution in [0.4, 0.5) is 0 Å². The Morgan fingerprint density at radius 3 is 2.05 bits per heavy atom. The van der Waals surface area contributed by atoms with Gasteiger partial charge in [0.2, 0.25) is 0 Å². The van der Waals surface area contributed by atoms with Crippen LogP contribution in [-0.2, 0) is 0 Å². The minimum Gasteiger partial charge on any atom is -0.330 e. The van der Waals surface area contributed by atoms with Gasteiger partial charge < -0.3 is 10.6 Å². The molecule has 20 heavy (non-hydrogen) atoms. The van der Waals surface area contributed by atoms with Crippen molar-refractivity contribution in [1.82, 2.24) is 9.80 Å². The van der Waals surface area contributed by atoms with Gasteiger partial charge in [0.05, 0.1) is 0 Å². The van der Waals surface area contributed by atoms with Crippen molar-refractivity contribution in [2.45, 2.75) is 64.8 Å². The quantitative estimate of drug-likeness (QED) is 0.860. The van der Waals surface area contributed by atoms with Crippen LogP contribution in [0, 0.1) is 5.41 Å². The summed E-state index contributed by atoms with van der Waals surface area (Å²) in [7, 11) is 0. The third kappa shape index (κ3) is 4.19. The maximum Gasteiger partial charge on any atom is 0.0126 e. The number of rotatable bonds is 4. The van der Waals surface area contributed by atoms with E-state index in [1.807, 2.05) is 0 Å². The van der Waals surface area contributed by atoms with E-state index in [0.29, 0.717) is 11.0 Å². The van der Waals surface area contributed by atoms with E-state index < -0.39 is 0 Å². The molecule has 2 N–H and O–H groups in total. The highest BCUT2D eigenvalue weighted by Gasteiger charge is 2.32. The van der Waals surface area contributed by atoms with E-state index in [-0.39, 0.29) is 0 Å². The summed E-state index contributed by atoms with van der Waals surface area (Å²) >= 11 is 0. The van der Waals surface area contributed by atoms with Crippen LogP contribution in [0.15, 0.2) is 0 Å². The Morgan fingerprint density at radius 1 is 0.950 bits per heavy atom. The van der Waals surface area contributed by atoms with Gasteiger partial charge in [0.15, 0.2) is 0 Å². The van der Waals surface area contributed by atoms with Crippen molar-refractivity contribution >= 4 is 0 Å². The van der Waals surface area contributed by atoms with E-state index in [0.717, 1.165) is 6.54 Å². The van der Waals surface area contributed by atoms with Gasteiger partial charge in [0.25, 0.3) is 0 Å². The van der Waals surface area contributed by atoms with Crippen LogP contribution in [0.1, 0.15) is 59.3 Å². The molecule has 0 spiro atoms. The lowest BCUT2D eigenvalue weighted by Crippen LogP contribution is -2.53. The molecule has 3 nitrogen and oxygen atoms in total. The summed E-state index contributed by atoms with van der Waals surface area (Å²) in [6, 6.07) is 0. The van der Waals surface area contributed by atoms with E-state index in [4.69, 9.17) is 5.73 Å². The summed E-state index contributed by atoms with van der Waals surface area (Å²) in [4.78, 5) is 5.27. The number of hydrogen-bond acceptors (Lipinski definition) is 3. The van der Waals surface area contributed by atoms with Crippen LogP contribution in [0.25, 0.3) is 0 Å². The predicted octanol–water partition coefficient (Wildman–Crippen LogP) is 2.70. The Bertz CT molecular complexity index is 281. The first-order valence-corrected chi connectivity index (χ1v) is 8.63. The average molecular weight is 281 g/mol. The molecule has 2 rings (SSSR count). The molecule has 0 atom stereocenters. The molecule has 0 bridgehead atoms. The molecule has 1 saturated heterocycles. The molecule has 3 heteroatoms. The van der Waals surface area contributed by atoms with Crippen molar-refractivity contribution in [1.29, 1.82) is 0 Å². The first kappa shape index (κ1) is 16.3. The van der Waals surface area contributed by atoms with Gasteiger partial charge >= 0.3 is 0 Å². The fourth-order valence-electron chi connectivity index (χ4n) is 3.90. The number of hydrogen-bond donors (Lipinski definition) is 1. The molecule has 0 amide bonds. The average Bonchev–Trinajstić information content (AvgIpc) is 2.46. The SMILES string of the molecule is CC(C)(C)N1CCN(CCC2(CN)CCCCC2)CC1. The zero-order chi connectivity index (χ0) is 14.6. The maximum absolute atomic E-state index is 6.11. The summed E-state index contributed by atoms with van der Waals surface area (Å²) in [6.45, 7) is 14.1. The van der Waals surface area contributed by atoms with Crippen molar-refractivity contribution in [2.24, 2.45) is 11.1 Å². The summed E-state index contributed by atoms with van der Waals surface area (Å²) in [6.07, 6.45) is 8.27. The Labute approximate surface area is 125 Å². The van der Waals surface area contributed by atoms with Gasteiger partial charge in [-0.25, -0.2) is 0 Å². The van der Waals surface area contributed by atoms with Crippen LogP contribution >= 0.6 is 0 Å². The van der Waals surface area contributed by atoms with Gasteiger partial charge in [0.1, 0.15) is 0 Å². The van der Waals surface area contributed by atoms with E-state index in [2.05, 4.69) is 30.6 Å². The van der Waals surface area contributed by atoms with E-state index in [1.165, 1.54) is 71.2 Å². The van der Waals surface area contributed by atoms with Gasteiger partial charge in [-0.3, -0.25) is 4.90 Å². The standard InChI is InChI=1S/C17H35N3/c1-16(2,3)20-13-11-19(12-14-20)10-9-17(15-18)7-5-4-6-8-17/h4-15,18H2,1-3H3. The summed E-state index contributed by atoms with van der Waals surface area (Å²) < 4.78 is 0. The van der Waals surface area contributed by atoms with Crippen LogP contribution in [0.5, 0.6) is 0 Å². The largest absolute Gasteiger partial charge is 0.330 e. The highest BCUT2D eigenvalue weighted by Crippen LogP contribution is 2.38. The minimum atomic E-state index is 0.327. The highest BCUT2D eigenvalue weighted by atomic mass is 15.3. The smallest absolute Gasteiger partial charge is 0.0126 e. The second-order valence-corrected chi connectivity index (χ2v) is 8.01. The maximum atomic E-state index is 6.11. The molecule has 0 aromatic carbocycles. The lowest BCUT2D eigenvalue weighted by Gasteiger charge is -2.44. The highest BCUT2D eigenvalue weighted by molar-refractivity contribution is 4.87. The van der Waals surface area contributed by atoms with Gasteiger partial charge in [-0.2, -0.15) is 0 Å². The molecule has 0 unspecified atom stereocenters. The molecule has 0 radical (unpaired) electrons. The van der Waals surface area contributed by atoms with Crippen LogP contribution in [0.3, 0.4) is 0 Å². The zero-order valence-electron chi connectivity index (χ0n) is 14.0. The first-order valence-electron chi connectivity index (χ1n) is 8.63. The second-order valence-electron chi connectivity index (χ2n) is 8.01. The Morgan fingerprint density at radius 2 is 1.55 bits per heavy atom. The molecule has 2 aliphatic rings. The number of piperazine rings is 1. The van der Waals surface area contributed by atoms with Gasteiger partial charge in [-0.05, 0) is 58.5 Å².